The molecule has 1 heterocycles. The van der Waals surface area contributed by atoms with Crippen LogP contribution in [0.5, 0.6) is 0 Å². The van der Waals surface area contributed by atoms with E-state index < -0.39 is 16.1 Å². The SMILES string of the molecule is C[C@@H](N)C(=O)NCc1ccccc1CS(=O)(=O)N1CCOCC1. The molecule has 1 aromatic rings. The minimum Gasteiger partial charge on any atom is -0.379 e. The first kappa shape index (κ1) is 17.9. The molecule has 1 saturated heterocycles. The third-order valence-electron chi connectivity index (χ3n) is 3.69. The summed E-state index contributed by atoms with van der Waals surface area (Å²) >= 11 is 0. The van der Waals surface area contributed by atoms with Crippen molar-refractivity contribution < 1.29 is 17.9 Å². The molecule has 0 radical (unpaired) electrons. The summed E-state index contributed by atoms with van der Waals surface area (Å²) in [5, 5.41) is 2.71. The zero-order valence-corrected chi connectivity index (χ0v) is 14.0. The Labute approximate surface area is 136 Å². The zero-order valence-electron chi connectivity index (χ0n) is 13.2. The van der Waals surface area contributed by atoms with Crippen molar-refractivity contribution in [2.75, 3.05) is 26.3 Å². The largest absolute Gasteiger partial charge is 0.379 e. The maximum Gasteiger partial charge on any atom is 0.236 e. The molecule has 1 atom stereocenters. The van der Waals surface area contributed by atoms with Gasteiger partial charge in [0.1, 0.15) is 0 Å². The normalized spacial score (nSPS) is 17.7. The van der Waals surface area contributed by atoms with Crippen LogP contribution < -0.4 is 11.1 Å². The van der Waals surface area contributed by atoms with Crippen molar-refractivity contribution in [3.05, 3.63) is 35.4 Å². The van der Waals surface area contributed by atoms with Gasteiger partial charge in [0.25, 0.3) is 0 Å². The minimum atomic E-state index is -3.40. The average molecular weight is 341 g/mol. The van der Waals surface area contributed by atoms with Gasteiger partial charge in [-0.25, -0.2) is 8.42 Å². The van der Waals surface area contributed by atoms with Crippen LogP contribution in [0.15, 0.2) is 24.3 Å². The Morgan fingerprint density at radius 3 is 2.52 bits per heavy atom. The summed E-state index contributed by atoms with van der Waals surface area (Å²) in [6, 6.07) is 6.59. The molecule has 0 spiro atoms. The molecule has 1 aliphatic rings. The van der Waals surface area contributed by atoms with Gasteiger partial charge < -0.3 is 15.8 Å². The van der Waals surface area contributed by atoms with Gasteiger partial charge in [0, 0.05) is 19.6 Å². The number of rotatable bonds is 6. The number of nitrogens with two attached hydrogens (primary N) is 1. The van der Waals surface area contributed by atoms with Gasteiger partial charge in [0.05, 0.1) is 25.0 Å². The molecule has 1 amide bonds. The lowest BCUT2D eigenvalue weighted by molar-refractivity contribution is -0.122. The molecule has 1 aliphatic heterocycles. The van der Waals surface area contributed by atoms with Gasteiger partial charge in [0.2, 0.25) is 15.9 Å². The monoisotopic (exact) mass is 341 g/mol. The topological polar surface area (TPSA) is 102 Å². The Bertz CT molecular complexity index is 640. The van der Waals surface area contributed by atoms with Crippen molar-refractivity contribution in [2.45, 2.75) is 25.3 Å². The number of hydrogen-bond acceptors (Lipinski definition) is 5. The van der Waals surface area contributed by atoms with Gasteiger partial charge in [-0.05, 0) is 18.1 Å². The number of nitrogens with one attached hydrogen (secondary N) is 1. The molecule has 8 heteroatoms. The van der Waals surface area contributed by atoms with Crippen LogP contribution in [-0.4, -0.2) is 51.0 Å². The highest BCUT2D eigenvalue weighted by Crippen LogP contribution is 2.16. The van der Waals surface area contributed by atoms with E-state index in [9.17, 15) is 13.2 Å². The highest BCUT2D eigenvalue weighted by Gasteiger charge is 2.25. The molecule has 1 fully saturated rings. The van der Waals surface area contributed by atoms with E-state index in [1.807, 2.05) is 12.1 Å². The van der Waals surface area contributed by atoms with Crippen molar-refractivity contribution >= 4 is 15.9 Å². The summed E-state index contributed by atoms with van der Waals surface area (Å²) in [6.45, 7) is 3.47. The van der Waals surface area contributed by atoms with Crippen molar-refractivity contribution in [2.24, 2.45) is 5.73 Å². The summed E-state index contributed by atoms with van der Waals surface area (Å²) in [4.78, 5) is 11.6. The molecule has 3 N–H and O–H groups in total. The molecule has 0 aromatic heterocycles. The zero-order chi connectivity index (χ0) is 16.9. The van der Waals surface area contributed by atoms with Crippen LogP contribution in [0.25, 0.3) is 0 Å². The lowest BCUT2D eigenvalue weighted by Crippen LogP contribution is -2.41. The maximum atomic E-state index is 12.5. The maximum absolute atomic E-state index is 12.5. The van der Waals surface area contributed by atoms with Gasteiger partial charge in [-0.1, -0.05) is 24.3 Å². The number of sulfonamides is 1. The van der Waals surface area contributed by atoms with Gasteiger partial charge in [0.15, 0.2) is 0 Å². The second-order valence-electron chi connectivity index (χ2n) is 5.54. The van der Waals surface area contributed by atoms with Crippen LogP contribution in [0.1, 0.15) is 18.1 Å². The van der Waals surface area contributed by atoms with Crippen LogP contribution in [-0.2, 0) is 31.9 Å². The smallest absolute Gasteiger partial charge is 0.236 e. The first-order chi connectivity index (χ1) is 10.9. The molecule has 128 valence electrons. The Kier molecular flexibility index (Phi) is 6.11. The Balaban J connectivity index is 2.09. The predicted molar refractivity (Wildman–Crippen MR) is 87.0 cm³/mol. The average Bonchev–Trinajstić information content (AvgIpc) is 2.54. The second-order valence-corrected chi connectivity index (χ2v) is 7.51. The fourth-order valence-corrected chi connectivity index (χ4v) is 3.89. The molecule has 7 nitrogen and oxygen atoms in total. The number of benzene rings is 1. The number of morpholine rings is 1. The predicted octanol–water partition coefficient (Wildman–Crippen LogP) is -0.188. The van der Waals surface area contributed by atoms with Crippen molar-refractivity contribution in [1.29, 1.82) is 0 Å². The van der Waals surface area contributed by atoms with E-state index in [0.717, 1.165) is 5.56 Å². The Morgan fingerprint density at radius 2 is 1.91 bits per heavy atom. The van der Waals surface area contributed by atoms with E-state index in [4.69, 9.17) is 10.5 Å². The lowest BCUT2D eigenvalue weighted by atomic mass is 10.1. The molecule has 0 bridgehead atoms. The van der Waals surface area contributed by atoms with E-state index in [-0.39, 0.29) is 18.2 Å². The summed E-state index contributed by atoms with van der Waals surface area (Å²) in [6.07, 6.45) is 0. The molecule has 0 unspecified atom stereocenters. The molecular formula is C15H23N3O4S. The van der Waals surface area contributed by atoms with Gasteiger partial charge in [-0.15, -0.1) is 0 Å². The van der Waals surface area contributed by atoms with Gasteiger partial charge in [-0.2, -0.15) is 4.31 Å². The van der Waals surface area contributed by atoms with Crippen molar-refractivity contribution in [1.82, 2.24) is 9.62 Å². The molecular weight excluding hydrogens is 318 g/mol. The third kappa shape index (κ3) is 5.00. The molecule has 0 saturated carbocycles. The number of ether oxygens (including phenoxy) is 1. The van der Waals surface area contributed by atoms with Crippen molar-refractivity contribution in [3.63, 3.8) is 0 Å². The van der Waals surface area contributed by atoms with Crippen molar-refractivity contribution in [3.8, 4) is 0 Å². The molecule has 1 aromatic carbocycles. The highest BCUT2D eigenvalue weighted by atomic mass is 32.2. The van der Waals surface area contributed by atoms with E-state index in [0.29, 0.717) is 31.9 Å². The third-order valence-corrected chi connectivity index (χ3v) is 5.51. The first-order valence-electron chi connectivity index (χ1n) is 7.56. The first-order valence-corrected chi connectivity index (χ1v) is 9.17. The van der Waals surface area contributed by atoms with Crippen LogP contribution in [0.2, 0.25) is 0 Å². The van der Waals surface area contributed by atoms with Crippen LogP contribution in [0.4, 0.5) is 0 Å². The molecule has 0 aliphatic carbocycles. The summed E-state index contributed by atoms with van der Waals surface area (Å²) in [5.74, 6) is -0.354. The summed E-state index contributed by atoms with van der Waals surface area (Å²) < 4.78 is 31.7. The molecule has 23 heavy (non-hydrogen) atoms. The van der Waals surface area contributed by atoms with Crippen LogP contribution in [0, 0.1) is 0 Å². The van der Waals surface area contributed by atoms with Gasteiger partial charge in [-0.3, -0.25) is 4.79 Å². The quantitative estimate of drug-likeness (QED) is 0.747. The fraction of sp³-hybridized carbons (Fsp3) is 0.533. The van der Waals surface area contributed by atoms with E-state index in [1.54, 1.807) is 19.1 Å². The number of nitrogens with zero attached hydrogens (tertiary/aromatic N) is 1. The standard InChI is InChI=1S/C15H23N3O4S/c1-12(16)15(19)17-10-13-4-2-3-5-14(13)11-23(20,21)18-6-8-22-9-7-18/h2-5,12H,6-11,16H2,1H3,(H,17,19)/t12-/m1/s1. The minimum absolute atomic E-state index is 0.0861. The fourth-order valence-electron chi connectivity index (χ4n) is 2.33. The van der Waals surface area contributed by atoms with Crippen LogP contribution in [0.3, 0.4) is 0 Å². The second kappa shape index (κ2) is 7.87. The van der Waals surface area contributed by atoms with E-state index in [2.05, 4.69) is 5.32 Å². The number of carbonyl (C=O) groups excluding carboxylic acids is 1. The van der Waals surface area contributed by atoms with E-state index in [1.165, 1.54) is 4.31 Å². The summed E-state index contributed by atoms with van der Waals surface area (Å²) in [5.41, 5.74) is 6.97. The molecule has 2 rings (SSSR count). The Hall–Kier alpha value is -1.48. The number of carbonyl (C=O) groups is 1. The lowest BCUT2D eigenvalue weighted by Gasteiger charge is -2.26. The Morgan fingerprint density at radius 1 is 1.30 bits per heavy atom. The van der Waals surface area contributed by atoms with Gasteiger partial charge >= 0.3 is 0 Å². The highest BCUT2D eigenvalue weighted by molar-refractivity contribution is 7.88. The van der Waals surface area contributed by atoms with Crippen LogP contribution >= 0.6 is 0 Å². The number of amides is 1. The summed E-state index contributed by atoms with van der Waals surface area (Å²) in [7, 11) is -3.40. The van der Waals surface area contributed by atoms with E-state index >= 15 is 0 Å². The number of hydrogen-bond donors (Lipinski definition) is 2.